The van der Waals surface area contributed by atoms with Gasteiger partial charge >= 0.3 is 0 Å². The second kappa shape index (κ2) is 7.77. The Morgan fingerprint density at radius 1 is 1.39 bits per heavy atom. The molecule has 7 heteroatoms. The highest BCUT2D eigenvalue weighted by Gasteiger charge is 2.19. The maximum Gasteiger partial charge on any atom is 0.230 e. The summed E-state index contributed by atoms with van der Waals surface area (Å²) in [5.74, 6) is 0.755. The normalized spacial score (nSPS) is 13.8. The van der Waals surface area contributed by atoms with Crippen LogP contribution in [0.3, 0.4) is 0 Å². The Labute approximate surface area is 146 Å². The van der Waals surface area contributed by atoms with Crippen LogP contribution in [0.15, 0.2) is 24.3 Å². The number of rotatable bonds is 4. The van der Waals surface area contributed by atoms with Crippen LogP contribution in [0, 0.1) is 0 Å². The zero-order valence-corrected chi connectivity index (χ0v) is 14.8. The van der Waals surface area contributed by atoms with Gasteiger partial charge in [0.2, 0.25) is 5.91 Å². The molecule has 0 aliphatic carbocycles. The van der Waals surface area contributed by atoms with E-state index in [0.29, 0.717) is 11.6 Å². The number of benzene rings is 1. The van der Waals surface area contributed by atoms with Crippen molar-refractivity contribution in [2.45, 2.75) is 19.4 Å². The first-order valence-electron chi connectivity index (χ1n) is 7.24. The van der Waals surface area contributed by atoms with Gasteiger partial charge in [0.1, 0.15) is 5.75 Å². The molecule has 1 aromatic heterocycles. The minimum Gasteiger partial charge on any atom is -0.497 e. The van der Waals surface area contributed by atoms with Crippen LogP contribution in [0.2, 0.25) is 0 Å². The van der Waals surface area contributed by atoms with E-state index < -0.39 is 0 Å². The number of hydrogen-bond acceptors (Lipinski definition) is 5. The highest BCUT2D eigenvalue weighted by atomic mass is 35.5. The molecule has 1 aliphatic heterocycles. The van der Waals surface area contributed by atoms with Crippen molar-refractivity contribution in [2.75, 3.05) is 26.0 Å². The fourth-order valence-electron chi connectivity index (χ4n) is 2.47. The molecule has 124 valence electrons. The van der Waals surface area contributed by atoms with Crippen LogP contribution in [0.5, 0.6) is 5.75 Å². The Balaban J connectivity index is 0.00000192. The third-order valence-electron chi connectivity index (χ3n) is 3.69. The minimum absolute atomic E-state index is 0. The van der Waals surface area contributed by atoms with Crippen molar-refractivity contribution in [3.63, 3.8) is 0 Å². The number of likely N-dealkylation sites (N-methyl/N-ethyl adjacent to an activating group) is 1. The van der Waals surface area contributed by atoms with Crippen molar-refractivity contribution in [2.24, 2.45) is 0 Å². The second-order valence-electron chi connectivity index (χ2n) is 5.45. The Morgan fingerprint density at radius 2 is 2.13 bits per heavy atom. The number of carbonyl (C=O) groups is 1. The summed E-state index contributed by atoms with van der Waals surface area (Å²) in [6.45, 7) is 1.94. The molecular formula is C16H20ClN3O2S. The molecule has 0 unspecified atom stereocenters. The summed E-state index contributed by atoms with van der Waals surface area (Å²) in [5.41, 5.74) is 2.09. The number of amides is 1. The fraction of sp³-hybridized carbons (Fsp3) is 0.375. The number of halogens is 1. The van der Waals surface area contributed by atoms with E-state index in [4.69, 9.17) is 4.74 Å². The molecule has 0 saturated heterocycles. The number of anilines is 1. The van der Waals surface area contributed by atoms with E-state index in [-0.39, 0.29) is 18.3 Å². The lowest BCUT2D eigenvalue weighted by atomic mass is 10.1. The van der Waals surface area contributed by atoms with Gasteiger partial charge in [0.05, 0.1) is 19.2 Å². The van der Waals surface area contributed by atoms with Crippen molar-refractivity contribution < 1.29 is 9.53 Å². The van der Waals surface area contributed by atoms with E-state index in [0.717, 1.165) is 36.5 Å². The number of aromatic nitrogens is 1. The van der Waals surface area contributed by atoms with Gasteiger partial charge in [-0.1, -0.05) is 12.1 Å². The van der Waals surface area contributed by atoms with Gasteiger partial charge in [-0.2, -0.15) is 0 Å². The third kappa shape index (κ3) is 4.43. The number of carbonyl (C=O) groups excluding carboxylic acids is 1. The molecule has 0 spiro atoms. The molecule has 0 atom stereocenters. The lowest BCUT2D eigenvalue weighted by Gasteiger charge is -2.20. The summed E-state index contributed by atoms with van der Waals surface area (Å²) >= 11 is 1.58. The van der Waals surface area contributed by atoms with E-state index in [2.05, 4.69) is 22.2 Å². The van der Waals surface area contributed by atoms with Crippen LogP contribution in [0.4, 0.5) is 5.13 Å². The van der Waals surface area contributed by atoms with Gasteiger partial charge in [-0.05, 0) is 24.7 Å². The molecule has 0 bridgehead atoms. The first-order valence-corrected chi connectivity index (χ1v) is 8.05. The van der Waals surface area contributed by atoms with Gasteiger partial charge in [0.15, 0.2) is 5.13 Å². The van der Waals surface area contributed by atoms with Crippen LogP contribution in [0.25, 0.3) is 0 Å². The summed E-state index contributed by atoms with van der Waals surface area (Å²) in [7, 11) is 3.73. The van der Waals surface area contributed by atoms with Gasteiger partial charge < -0.3 is 15.0 Å². The average molecular weight is 354 g/mol. The fourth-order valence-corrected chi connectivity index (χ4v) is 3.57. The summed E-state index contributed by atoms with van der Waals surface area (Å²) < 4.78 is 5.11. The highest BCUT2D eigenvalue weighted by molar-refractivity contribution is 7.15. The van der Waals surface area contributed by atoms with Crippen molar-refractivity contribution >= 4 is 34.8 Å². The predicted octanol–water partition coefficient (Wildman–Crippen LogP) is 2.74. The quantitative estimate of drug-likeness (QED) is 0.918. The molecular weight excluding hydrogens is 334 g/mol. The number of hydrogen-bond donors (Lipinski definition) is 1. The van der Waals surface area contributed by atoms with Crippen molar-refractivity contribution in [3.8, 4) is 5.75 Å². The molecule has 2 heterocycles. The molecule has 0 radical (unpaired) electrons. The monoisotopic (exact) mass is 353 g/mol. The van der Waals surface area contributed by atoms with E-state index in [9.17, 15) is 4.79 Å². The van der Waals surface area contributed by atoms with E-state index >= 15 is 0 Å². The Morgan fingerprint density at radius 3 is 2.83 bits per heavy atom. The summed E-state index contributed by atoms with van der Waals surface area (Å²) in [6, 6.07) is 7.53. The van der Waals surface area contributed by atoms with Crippen LogP contribution in [-0.2, 0) is 24.2 Å². The maximum absolute atomic E-state index is 12.1. The molecule has 3 rings (SSSR count). The molecule has 1 N–H and O–H groups in total. The smallest absolute Gasteiger partial charge is 0.230 e. The zero-order valence-electron chi connectivity index (χ0n) is 13.2. The second-order valence-corrected chi connectivity index (χ2v) is 6.53. The number of thiazole rings is 1. The Bertz CT molecular complexity index is 672. The van der Waals surface area contributed by atoms with Crippen LogP contribution in [-0.4, -0.2) is 36.5 Å². The van der Waals surface area contributed by atoms with Gasteiger partial charge in [-0.3, -0.25) is 4.79 Å². The predicted molar refractivity (Wildman–Crippen MR) is 94.7 cm³/mol. The SMILES string of the molecule is COc1ccc(CC(=O)Nc2nc3c(s2)CN(C)CC3)cc1.Cl. The maximum atomic E-state index is 12.1. The molecule has 0 saturated carbocycles. The Hall–Kier alpha value is -1.63. The summed E-state index contributed by atoms with van der Waals surface area (Å²) in [4.78, 5) is 20.2. The van der Waals surface area contributed by atoms with Gasteiger partial charge in [0, 0.05) is 24.4 Å². The van der Waals surface area contributed by atoms with E-state index in [1.165, 1.54) is 4.88 Å². The van der Waals surface area contributed by atoms with Crippen LogP contribution < -0.4 is 10.1 Å². The van der Waals surface area contributed by atoms with E-state index in [1.54, 1.807) is 18.4 Å². The molecule has 5 nitrogen and oxygen atoms in total. The molecule has 2 aromatic rings. The standard InChI is InChI=1S/C16H19N3O2S.ClH/c1-19-8-7-13-14(10-19)22-16(17-13)18-15(20)9-11-3-5-12(21-2)6-4-11;/h3-6H,7-10H2,1-2H3,(H,17,18,20);1H. The number of ether oxygens (including phenoxy) is 1. The van der Waals surface area contributed by atoms with Crippen molar-refractivity contribution in [1.82, 2.24) is 9.88 Å². The lowest BCUT2D eigenvalue weighted by Crippen LogP contribution is -2.25. The lowest BCUT2D eigenvalue weighted by molar-refractivity contribution is -0.115. The zero-order chi connectivity index (χ0) is 15.5. The van der Waals surface area contributed by atoms with E-state index in [1.807, 2.05) is 24.3 Å². The molecule has 23 heavy (non-hydrogen) atoms. The number of nitrogens with one attached hydrogen (secondary N) is 1. The van der Waals surface area contributed by atoms with Gasteiger partial charge in [-0.25, -0.2) is 4.98 Å². The molecule has 0 fully saturated rings. The highest BCUT2D eigenvalue weighted by Crippen LogP contribution is 2.27. The summed E-state index contributed by atoms with van der Waals surface area (Å²) in [6.07, 6.45) is 1.30. The van der Waals surface area contributed by atoms with Crippen molar-refractivity contribution in [3.05, 3.63) is 40.4 Å². The first kappa shape index (κ1) is 17.7. The number of nitrogens with zero attached hydrogens (tertiary/aromatic N) is 2. The van der Waals surface area contributed by atoms with Crippen molar-refractivity contribution in [1.29, 1.82) is 0 Å². The Kier molecular flexibility index (Phi) is 5.98. The molecule has 1 aliphatic rings. The third-order valence-corrected chi connectivity index (χ3v) is 4.69. The number of fused-ring (bicyclic) bond motifs is 1. The largest absolute Gasteiger partial charge is 0.497 e. The minimum atomic E-state index is -0.0374. The summed E-state index contributed by atoms with van der Waals surface area (Å²) in [5, 5.41) is 3.62. The first-order chi connectivity index (χ1) is 10.6. The topological polar surface area (TPSA) is 54.5 Å². The van der Waals surface area contributed by atoms with Gasteiger partial charge in [-0.15, -0.1) is 23.7 Å². The molecule has 1 aromatic carbocycles. The van der Waals surface area contributed by atoms with Crippen LogP contribution >= 0.6 is 23.7 Å². The molecule has 1 amide bonds. The van der Waals surface area contributed by atoms with Crippen LogP contribution in [0.1, 0.15) is 16.1 Å². The number of methoxy groups -OCH3 is 1. The van der Waals surface area contributed by atoms with Gasteiger partial charge in [0.25, 0.3) is 0 Å². The average Bonchev–Trinajstić information content (AvgIpc) is 2.89.